The third-order valence-electron chi connectivity index (χ3n) is 7.83. The van der Waals surface area contributed by atoms with E-state index in [0.29, 0.717) is 0 Å². The third-order valence-corrected chi connectivity index (χ3v) is 7.83. The highest BCUT2D eigenvalue weighted by Gasteiger charge is 2.54. The van der Waals surface area contributed by atoms with E-state index in [-0.39, 0.29) is 0 Å². The summed E-state index contributed by atoms with van der Waals surface area (Å²) in [6.45, 7) is -0.635. The first kappa shape index (κ1) is 33.7. The molecule has 0 unspecified atom stereocenters. The molecule has 4 heterocycles. The van der Waals surface area contributed by atoms with Crippen molar-refractivity contribution in [3.63, 3.8) is 0 Å². The van der Waals surface area contributed by atoms with Gasteiger partial charge in [0, 0.05) is 0 Å². The second-order valence-corrected chi connectivity index (χ2v) is 10.7. The van der Waals surface area contributed by atoms with E-state index in [0.717, 1.165) is 0 Å². The van der Waals surface area contributed by atoms with Crippen LogP contribution in [0.4, 0.5) is 0 Å². The van der Waals surface area contributed by atoms with Crippen LogP contribution >= 0.6 is 0 Å². The average Bonchev–Trinajstić information content (AvgIpc) is 2.98. The maximum absolute atomic E-state index is 10.9. The van der Waals surface area contributed by atoms with Crippen LogP contribution in [0.5, 0.6) is 0 Å². The molecule has 0 amide bonds. The molecule has 0 bridgehead atoms. The van der Waals surface area contributed by atoms with Crippen LogP contribution in [0.1, 0.15) is 6.92 Å². The van der Waals surface area contributed by atoms with E-state index in [1.54, 1.807) is 0 Å². The number of aliphatic hydroxyl groups excluding tert-OH is 10. The molecular weight excluding hydrogens is 574 g/mol. The third kappa shape index (κ3) is 6.75. The molecule has 3 saturated heterocycles. The molecule has 42 heavy (non-hydrogen) atoms. The summed E-state index contributed by atoms with van der Waals surface area (Å²) in [5.41, 5.74) is 6.32. The summed E-state index contributed by atoms with van der Waals surface area (Å²) in [5, 5.41) is 102. The van der Waals surface area contributed by atoms with Gasteiger partial charge in [0.1, 0.15) is 79.4 Å². The number of aliphatic hydroxyl groups is 10. The van der Waals surface area contributed by atoms with Crippen molar-refractivity contribution in [3.05, 3.63) is 12.3 Å². The van der Waals surface area contributed by atoms with Crippen molar-refractivity contribution in [2.45, 2.75) is 117 Å². The highest BCUT2D eigenvalue weighted by molar-refractivity contribution is 5.01. The number of nitrogens with two attached hydrogens (primary N) is 1. The van der Waals surface area contributed by atoms with E-state index < -0.39 is 130 Å². The Morgan fingerprint density at radius 2 is 1.19 bits per heavy atom. The maximum atomic E-state index is 10.9. The molecule has 18 nitrogen and oxygen atoms in total. The summed E-state index contributed by atoms with van der Waals surface area (Å²) in [6.07, 6.45) is -22.7. The van der Waals surface area contributed by atoms with E-state index in [4.69, 9.17) is 38.9 Å². The number of hydrogen-bond acceptors (Lipinski definition) is 18. The first-order valence-electron chi connectivity index (χ1n) is 13.5. The Morgan fingerprint density at radius 1 is 0.595 bits per heavy atom. The topological polar surface area (TPSA) is 293 Å². The molecule has 0 spiro atoms. The predicted octanol–water partition coefficient (Wildman–Crippen LogP) is -6.92. The molecule has 244 valence electrons. The molecule has 0 radical (unpaired) electrons. The van der Waals surface area contributed by atoms with E-state index in [1.165, 1.54) is 19.3 Å². The van der Waals surface area contributed by atoms with Gasteiger partial charge in [-0.3, -0.25) is 0 Å². The molecule has 0 aromatic heterocycles. The van der Waals surface area contributed by atoms with Gasteiger partial charge in [-0.25, -0.2) is 0 Å². The zero-order valence-electron chi connectivity index (χ0n) is 22.6. The van der Waals surface area contributed by atoms with Gasteiger partial charge in [-0.15, -0.1) is 0 Å². The lowest BCUT2D eigenvalue weighted by atomic mass is 9.95. The molecule has 12 N–H and O–H groups in total. The van der Waals surface area contributed by atoms with Crippen LogP contribution in [-0.2, 0) is 33.2 Å². The van der Waals surface area contributed by atoms with E-state index in [2.05, 4.69) is 0 Å². The van der Waals surface area contributed by atoms with E-state index >= 15 is 0 Å². The molecule has 3 fully saturated rings. The minimum atomic E-state index is -1.83. The van der Waals surface area contributed by atoms with Crippen molar-refractivity contribution in [1.82, 2.24) is 0 Å². The Labute approximate surface area is 239 Å². The normalized spacial score (nSPS) is 51.7. The Bertz CT molecular complexity index is 886. The molecule has 18 atom stereocenters. The number of ether oxygens (including phenoxy) is 7. The minimum Gasteiger partial charge on any atom is -0.493 e. The van der Waals surface area contributed by atoms with E-state index in [9.17, 15) is 51.1 Å². The van der Waals surface area contributed by atoms with Crippen LogP contribution in [0.25, 0.3) is 0 Å². The molecular formula is C24H41NO17. The van der Waals surface area contributed by atoms with Gasteiger partial charge in [-0.1, -0.05) is 0 Å². The summed E-state index contributed by atoms with van der Waals surface area (Å²) < 4.78 is 39.1. The summed E-state index contributed by atoms with van der Waals surface area (Å²) >= 11 is 0. The van der Waals surface area contributed by atoms with Gasteiger partial charge in [-0.2, -0.15) is 0 Å². The Balaban J connectivity index is 1.56. The Kier molecular flexibility index (Phi) is 11.5. The van der Waals surface area contributed by atoms with Gasteiger partial charge in [0.2, 0.25) is 0 Å². The van der Waals surface area contributed by atoms with Crippen molar-refractivity contribution in [2.75, 3.05) is 19.8 Å². The summed E-state index contributed by atoms with van der Waals surface area (Å²) in [6, 6.07) is -1.35. The lowest BCUT2D eigenvalue weighted by molar-refractivity contribution is -0.381. The van der Waals surface area contributed by atoms with Gasteiger partial charge in [0.05, 0.1) is 38.2 Å². The SMILES string of the molecule is C[C@@H]1O[C@@H](O[C@H]2[C@H](O[C@@H]3[C@@H](N)[C@H](O[C@@H]4C=CO[C@H](CO)[C@@H]4O)O[C@H](CO)[C@@H]3O)O[C@H](CO)[C@H](O)[C@@H]2O)[C@@H](O)[C@H](O)[C@@H]1O. The van der Waals surface area contributed by atoms with Crippen LogP contribution in [0.3, 0.4) is 0 Å². The smallest absolute Gasteiger partial charge is 0.187 e. The van der Waals surface area contributed by atoms with Gasteiger partial charge >= 0.3 is 0 Å². The highest BCUT2D eigenvalue weighted by atomic mass is 16.8. The molecule has 4 aliphatic heterocycles. The fraction of sp³-hybridized carbons (Fsp3) is 0.917. The van der Waals surface area contributed by atoms with Crippen LogP contribution in [0, 0.1) is 0 Å². The van der Waals surface area contributed by atoms with Crippen molar-refractivity contribution in [3.8, 4) is 0 Å². The standard InChI is InChI=1S/C24H41NO17/c1-7-13(29)17(33)19(35)23(37-7)42-21-18(34)15(31)10(5-27)40-24(21)41-20-12(25)22(39-11(6-28)16(20)32)38-8-2-3-36-9(4-26)14(8)30/h2-3,7-24,26-35H,4-6,25H2,1H3/t7-,8+,9+,10+,11+,12+,13+,14+,15-,16-,17+,18-,19-,20+,21+,22+,23-,24-/m0/s1. The first-order valence-corrected chi connectivity index (χ1v) is 13.5. The number of rotatable bonds is 9. The highest BCUT2D eigenvalue weighted by Crippen LogP contribution is 2.33. The van der Waals surface area contributed by atoms with Crippen molar-refractivity contribution >= 4 is 0 Å². The fourth-order valence-electron chi connectivity index (χ4n) is 5.19. The minimum absolute atomic E-state index is 0.526. The summed E-state index contributed by atoms with van der Waals surface area (Å²) in [4.78, 5) is 0. The zero-order valence-corrected chi connectivity index (χ0v) is 22.6. The van der Waals surface area contributed by atoms with Gasteiger partial charge in [0.25, 0.3) is 0 Å². The molecule has 4 rings (SSSR count). The quantitative estimate of drug-likeness (QED) is 0.115. The predicted molar refractivity (Wildman–Crippen MR) is 132 cm³/mol. The average molecular weight is 616 g/mol. The van der Waals surface area contributed by atoms with Crippen LogP contribution in [0.15, 0.2) is 12.3 Å². The second-order valence-electron chi connectivity index (χ2n) is 10.7. The van der Waals surface area contributed by atoms with Gasteiger partial charge in [0.15, 0.2) is 18.9 Å². The lowest BCUT2D eigenvalue weighted by Crippen LogP contribution is -2.68. The molecule has 0 aromatic rings. The van der Waals surface area contributed by atoms with E-state index in [1.807, 2.05) is 0 Å². The molecule has 0 aliphatic carbocycles. The second kappa shape index (κ2) is 14.3. The molecule has 4 aliphatic rings. The fourth-order valence-corrected chi connectivity index (χ4v) is 5.19. The van der Waals surface area contributed by atoms with Gasteiger partial charge < -0.3 is 90.0 Å². The van der Waals surface area contributed by atoms with Crippen molar-refractivity contribution in [2.24, 2.45) is 5.73 Å². The monoisotopic (exact) mass is 615 g/mol. The van der Waals surface area contributed by atoms with Gasteiger partial charge in [-0.05, 0) is 13.0 Å². The molecule has 0 aromatic carbocycles. The largest absolute Gasteiger partial charge is 0.493 e. The van der Waals surface area contributed by atoms with Crippen molar-refractivity contribution in [1.29, 1.82) is 0 Å². The van der Waals surface area contributed by atoms with Crippen LogP contribution in [0.2, 0.25) is 0 Å². The summed E-state index contributed by atoms with van der Waals surface area (Å²) in [7, 11) is 0. The Hall–Kier alpha value is -1.14. The zero-order chi connectivity index (χ0) is 30.9. The number of hydrogen-bond donors (Lipinski definition) is 11. The lowest BCUT2D eigenvalue weighted by Gasteiger charge is -2.49. The summed E-state index contributed by atoms with van der Waals surface area (Å²) in [5.74, 6) is 0. The van der Waals surface area contributed by atoms with Crippen LogP contribution in [-0.4, -0.2) is 181 Å². The van der Waals surface area contributed by atoms with Crippen LogP contribution < -0.4 is 5.73 Å². The van der Waals surface area contributed by atoms with Crippen molar-refractivity contribution < 1.29 is 84.2 Å². The molecule has 0 saturated carbocycles. The molecule has 18 heteroatoms. The maximum Gasteiger partial charge on any atom is 0.187 e. The first-order chi connectivity index (χ1) is 19.9. The Morgan fingerprint density at radius 3 is 1.83 bits per heavy atom.